The van der Waals surface area contributed by atoms with Gasteiger partial charge in [-0.2, -0.15) is 0 Å². The van der Waals surface area contributed by atoms with Gasteiger partial charge >= 0.3 is 0 Å². The van der Waals surface area contributed by atoms with Crippen molar-refractivity contribution < 1.29 is 0 Å². The molecule has 1 N–H and O–H groups in total. The van der Waals surface area contributed by atoms with Gasteiger partial charge in [0.25, 0.3) is 0 Å². The van der Waals surface area contributed by atoms with Crippen molar-refractivity contribution in [1.29, 1.82) is 0 Å². The van der Waals surface area contributed by atoms with E-state index in [4.69, 9.17) is 0 Å². The predicted octanol–water partition coefficient (Wildman–Crippen LogP) is 0.0398. The van der Waals surface area contributed by atoms with Gasteiger partial charge in [0.05, 0.1) is 6.54 Å². The molecule has 0 aromatic carbocycles. The molecule has 0 aromatic rings. The van der Waals surface area contributed by atoms with Crippen LogP contribution in [-0.4, -0.2) is 36.5 Å². The smallest absolute Gasteiger partial charge is 0.194 e. The monoisotopic (exact) mass is 139 g/mol. The first-order chi connectivity index (χ1) is 4.86. The summed E-state index contributed by atoms with van der Waals surface area (Å²) >= 11 is 0. The van der Waals surface area contributed by atoms with Gasteiger partial charge in [0, 0.05) is 19.1 Å². The fourth-order valence-corrected chi connectivity index (χ4v) is 1.48. The van der Waals surface area contributed by atoms with Gasteiger partial charge in [-0.15, -0.1) is 0 Å². The van der Waals surface area contributed by atoms with Crippen LogP contribution in [0.15, 0.2) is 4.99 Å². The van der Waals surface area contributed by atoms with E-state index >= 15 is 0 Å². The Balaban J connectivity index is 2.07. The molecule has 1 atom stereocenters. The summed E-state index contributed by atoms with van der Waals surface area (Å²) in [5.74, 6) is 1.12. The number of rotatable bonds is 0. The molecule has 0 amide bonds. The third-order valence-electron chi connectivity index (χ3n) is 2.14. The fourth-order valence-electron chi connectivity index (χ4n) is 1.48. The highest BCUT2D eigenvalue weighted by atomic mass is 15.4. The van der Waals surface area contributed by atoms with Crippen molar-refractivity contribution in [3.05, 3.63) is 0 Å². The van der Waals surface area contributed by atoms with Crippen molar-refractivity contribution in [3.63, 3.8) is 0 Å². The first-order valence-corrected chi connectivity index (χ1v) is 3.92. The number of hydrogen-bond donors (Lipinski definition) is 1. The Morgan fingerprint density at radius 1 is 1.60 bits per heavy atom. The molecule has 0 radical (unpaired) electrons. The molecule has 2 heterocycles. The van der Waals surface area contributed by atoms with Crippen LogP contribution < -0.4 is 5.32 Å². The van der Waals surface area contributed by atoms with Crippen molar-refractivity contribution >= 4 is 5.96 Å². The minimum atomic E-state index is 0.619. The Kier molecular flexibility index (Phi) is 1.29. The van der Waals surface area contributed by atoms with E-state index in [9.17, 15) is 0 Å². The molecule has 1 fully saturated rings. The molecule has 2 aliphatic rings. The normalized spacial score (nSPS) is 31.1. The van der Waals surface area contributed by atoms with Crippen molar-refractivity contribution in [3.8, 4) is 0 Å². The third kappa shape index (κ3) is 0.856. The van der Waals surface area contributed by atoms with E-state index in [1.54, 1.807) is 0 Å². The van der Waals surface area contributed by atoms with Gasteiger partial charge in [0.1, 0.15) is 0 Å². The second kappa shape index (κ2) is 2.15. The molecule has 1 unspecified atom stereocenters. The van der Waals surface area contributed by atoms with Crippen molar-refractivity contribution in [2.75, 3.05) is 19.6 Å². The van der Waals surface area contributed by atoms with E-state index in [2.05, 4.69) is 22.1 Å². The molecular formula is C7H13N3. The summed E-state index contributed by atoms with van der Waals surface area (Å²) in [4.78, 5) is 6.66. The van der Waals surface area contributed by atoms with Crippen LogP contribution in [0.4, 0.5) is 0 Å². The van der Waals surface area contributed by atoms with E-state index in [1.807, 2.05) is 0 Å². The quantitative estimate of drug-likeness (QED) is 0.513. The zero-order chi connectivity index (χ0) is 6.97. The second-order valence-electron chi connectivity index (χ2n) is 3.03. The molecule has 0 aliphatic carbocycles. The lowest BCUT2D eigenvalue weighted by Crippen LogP contribution is -2.49. The molecule has 2 rings (SSSR count). The lowest BCUT2D eigenvalue weighted by molar-refractivity contribution is 0.363. The highest BCUT2D eigenvalue weighted by molar-refractivity contribution is 5.82. The maximum absolute atomic E-state index is 4.34. The molecular weight excluding hydrogens is 126 g/mol. The number of guanidine groups is 1. The molecule has 2 aliphatic heterocycles. The topological polar surface area (TPSA) is 27.6 Å². The lowest BCUT2D eigenvalue weighted by Gasteiger charge is -2.30. The standard InChI is InChI=1S/C7H13N3/c1-6-2-4-10-5-3-8-7(10)9-6/h6H,2-5H2,1H3,(H,8,9). The minimum Gasteiger partial charge on any atom is -0.354 e. The van der Waals surface area contributed by atoms with Crippen LogP contribution in [0.3, 0.4) is 0 Å². The summed E-state index contributed by atoms with van der Waals surface area (Å²) < 4.78 is 0. The number of fused-ring (bicyclic) bond motifs is 1. The lowest BCUT2D eigenvalue weighted by atomic mass is 10.2. The van der Waals surface area contributed by atoms with Crippen LogP contribution in [-0.2, 0) is 0 Å². The highest BCUT2D eigenvalue weighted by Crippen LogP contribution is 2.08. The van der Waals surface area contributed by atoms with Gasteiger partial charge in [-0.25, -0.2) is 0 Å². The Bertz CT molecular complexity index is 164. The summed E-state index contributed by atoms with van der Waals surface area (Å²) in [6.07, 6.45) is 1.25. The molecule has 0 saturated carbocycles. The molecule has 0 aromatic heterocycles. The van der Waals surface area contributed by atoms with Crippen molar-refractivity contribution in [2.45, 2.75) is 19.4 Å². The number of aliphatic imine (C=N–C) groups is 1. The average molecular weight is 139 g/mol. The second-order valence-corrected chi connectivity index (χ2v) is 3.03. The van der Waals surface area contributed by atoms with E-state index in [0.29, 0.717) is 6.04 Å². The van der Waals surface area contributed by atoms with Gasteiger partial charge in [-0.3, -0.25) is 4.99 Å². The fraction of sp³-hybridized carbons (Fsp3) is 0.857. The zero-order valence-electron chi connectivity index (χ0n) is 6.30. The number of hydrogen-bond acceptors (Lipinski definition) is 3. The summed E-state index contributed by atoms with van der Waals surface area (Å²) in [6.45, 7) is 5.50. The van der Waals surface area contributed by atoms with Crippen molar-refractivity contribution in [1.82, 2.24) is 10.2 Å². The molecule has 56 valence electrons. The number of nitrogens with zero attached hydrogens (tertiary/aromatic N) is 2. The van der Waals surface area contributed by atoms with Gasteiger partial charge in [-0.05, 0) is 13.3 Å². The summed E-state index contributed by atoms with van der Waals surface area (Å²) in [6, 6.07) is 0.619. The molecule has 0 spiro atoms. The molecule has 1 saturated heterocycles. The van der Waals surface area contributed by atoms with Crippen molar-refractivity contribution in [2.24, 2.45) is 4.99 Å². The Labute approximate surface area is 61.1 Å². The maximum Gasteiger partial charge on any atom is 0.194 e. The Morgan fingerprint density at radius 3 is 3.40 bits per heavy atom. The van der Waals surface area contributed by atoms with E-state index < -0.39 is 0 Å². The summed E-state index contributed by atoms with van der Waals surface area (Å²) in [5, 5.41) is 3.35. The molecule has 3 nitrogen and oxygen atoms in total. The number of nitrogens with one attached hydrogen (secondary N) is 1. The van der Waals surface area contributed by atoms with Crippen LogP contribution in [0, 0.1) is 0 Å². The van der Waals surface area contributed by atoms with Gasteiger partial charge in [0.15, 0.2) is 5.96 Å². The predicted molar refractivity (Wildman–Crippen MR) is 41.1 cm³/mol. The van der Waals surface area contributed by atoms with Gasteiger partial charge in [0.2, 0.25) is 0 Å². The molecule has 3 heteroatoms. The van der Waals surface area contributed by atoms with Gasteiger partial charge in [-0.1, -0.05) is 0 Å². The van der Waals surface area contributed by atoms with Gasteiger partial charge < -0.3 is 10.2 Å². The van der Waals surface area contributed by atoms with Crippen LogP contribution in [0.2, 0.25) is 0 Å². The van der Waals surface area contributed by atoms with Crippen LogP contribution in [0.5, 0.6) is 0 Å². The largest absolute Gasteiger partial charge is 0.354 e. The molecule has 0 bridgehead atoms. The molecule has 10 heavy (non-hydrogen) atoms. The average Bonchev–Trinajstić information content (AvgIpc) is 2.33. The first-order valence-electron chi connectivity index (χ1n) is 3.92. The maximum atomic E-state index is 4.34. The van der Waals surface area contributed by atoms with Crippen LogP contribution in [0.1, 0.15) is 13.3 Å². The van der Waals surface area contributed by atoms with E-state index in [1.165, 1.54) is 13.0 Å². The minimum absolute atomic E-state index is 0.619. The van der Waals surface area contributed by atoms with E-state index in [-0.39, 0.29) is 0 Å². The van der Waals surface area contributed by atoms with Crippen LogP contribution >= 0.6 is 0 Å². The Hall–Kier alpha value is -0.730. The summed E-state index contributed by atoms with van der Waals surface area (Å²) in [7, 11) is 0. The SMILES string of the molecule is CC1CCN2CCN=C2N1. The first kappa shape index (κ1) is 6.01. The Morgan fingerprint density at radius 2 is 2.50 bits per heavy atom. The zero-order valence-corrected chi connectivity index (χ0v) is 6.30. The third-order valence-corrected chi connectivity index (χ3v) is 2.14. The van der Waals surface area contributed by atoms with E-state index in [0.717, 1.165) is 19.0 Å². The highest BCUT2D eigenvalue weighted by Gasteiger charge is 2.22. The van der Waals surface area contributed by atoms with Crippen LogP contribution in [0.25, 0.3) is 0 Å². The summed E-state index contributed by atoms with van der Waals surface area (Å²) in [5.41, 5.74) is 0.